The number of morpholine rings is 1. The van der Waals surface area contributed by atoms with Crippen molar-refractivity contribution >= 4 is 11.8 Å². The first-order valence-electron chi connectivity index (χ1n) is 6.20. The lowest BCUT2D eigenvalue weighted by Crippen LogP contribution is -2.55. The summed E-state index contributed by atoms with van der Waals surface area (Å²) < 4.78 is 5.32. The predicted molar refractivity (Wildman–Crippen MR) is 66.4 cm³/mol. The molecule has 2 atom stereocenters. The van der Waals surface area contributed by atoms with Crippen LogP contribution in [0.3, 0.4) is 0 Å². The molecule has 0 aliphatic carbocycles. The van der Waals surface area contributed by atoms with Crippen molar-refractivity contribution in [2.75, 3.05) is 32.8 Å². The molecule has 1 heterocycles. The van der Waals surface area contributed by atoms with Gasteiger partial charge in [0.15, 0.2) is 0 Å². The summed E-state index contributed by atoms with van der Waals surface area (Å²) in [7, 11) is 0. The summed E-state index contributed by atoms with van der Waals surface area (Å²) in [6.07, 6.45) is 0. The molecule has 18 heavy (non-hydrogen) atoms. The third kappa shape index (κ3) is 3.94. The first kappa shape index (κ1) is 14.9. The number of nitrogens with one attached hydrogen (secondary N) is 2. The molecule has 1 rings (SSSR count). The fraction of sp³-hybridized carbons (Fsp3) is 0.818. The lowest BCUT2D eigenvalue weighted by Gasteiger charge is -2.35. The van der Waals surface area contributed by atoms with Crippen LogP contribution in [0, 0.1) is 5.92 Å². The number of carbonyl (C=O) groups excluding carboxylic acids is 2. The largest absolute Gasteiger partial charge is 0.378 e. The molecule has 0 spiro atoms. The molecule has 1 aliphatic heterocycles. The Balaban J connectivity index is 2.59. The summed E-state index contributed by atoms with van der Waals surface area (Å²) in [5.74, 6) is 4.56. The van der Waals surface area contributed by atoms with Gasteiger partial charge in [-0.25, -0.2) is 5.84 Å². The van der Waals surface area contributed by atoms with E-state index in [4.69, 9.17) is 10.6 Å². The Hall–Kier alpha value is -1.18. The van der Waals surface area contributed by atoms with Crippen molar-refractivity contribution in [2.24, 2.45) is 11.8 Å². The van der Waals surface area contributed by atoms with Crippen molar-refractivity contribution in [2.45, 2.75) is 19.9 Å². The van der Waals surface area contributed by atoms with Gasteiger partial charge in [-0.05, 0) is 6.92 Å². The zero-order valence-corrected chi connectivity index (χ0v) is 10.9. The fourth-order valence-corrected chi connectivity index (χ4v) is 1.97. The summed E-state index contributed by atoms with van der Waals surface area (Å²) in [5, 5.41) is 2.78. The van der Waals surface area contributed by atoms with Gasteiger partial charge in [-0.2, -0.15) is 0 Å². The van der Waals surface area contributed by atoms with Crippen molar-refractivity contribution < 1.29 is 14.3 Å². The van der Waals surface area contributed by atoms with Gasteiger partial charge in [-0.3, -0.25) is 19.9 Å². The number of amides is 2. The molecule has 0 saturated carbocycles. The van der Waals surface area contributed by atoms with Gasteiger partial charge in [-0.15, -0.1) is 0 Å². The van der Waals surface area contributed by atoms with Gasteiger partial charge in [0.1, 0.15) is 6.04 Å². The molecule has 2 unspecified atom stereocenters. The smallest absolute Gasteiger partial charge is 0.239 e. The normalized spacial score (nSPS) is 22.3. The van der Waals surface area contributed by atoms with Crippen LogP contribution in [0.5, 0.6) is 0 Å². The minimum Gasteiger partial charge on any atom is -0.378 e. The standard InChI is InChI=1S/C11H22N4O3/c1-3-13-11(17)9-7-18-5-4-15(9)6-8(2)10(16)14-12/h8-9H,3-7,12H2,1-2H3,(H,13,17)(H,14,16). The van der Waals surface area contributed by atoms with E-state index in [1.165, 1.54) is 0 Å². The van der Waals surface area contributed by atoms with Gasteiger partial charge in [0.05, 0.1) is 13.2 Å². The highest BCUT2D eigenvalue weighted by atomic mass is 16.5. The topological polar surface area (TPSA) is 96.7 Å². The van der Waals surface area contributed by atoms with Gasteiger partial charge in [-0.1, -0.05) is 6.92 Å². The van der Waals surface area contributed by atoms with Crippen LogP contribution in [0.4, 0.5) is 0 Å². The summed E-state index contributed by atoms with van der Waals surface area (Å²) in [6.45, 7) is 6.32. The maximum absolute atomic E-state index is 11.9. The molecule has 0 aromatic carbocycles. The number of carbonyl (C=O) groups is 2. The average molecular weight is 258 g/mol. The number of hydrogen-bond donors (Lipinski definition) is 3. The molecule has 4 N–H and O–H groups in total. The van der Waals surface area contributed by atoms with Gasteiger partial charge >= 0.3 is 0 Å². The van der Waals surface area contributed by atoms with Crippen LogP contribution in [-0.4, -0.2) is 55.6 Å². The van der Waals surface area contributed by atoms with E-state index in [9.17, 15) is 9.59 Å². The second kappa shape index (κ2) is 7.30. The highest BCUT2D eigenvalue weighted by Gasteiger charge is 2.30. The van der Waals surface area contributed by atoms with Gasteiger partial charge in [0.25, 0.3) is 0 Å². The first-order valence-corrected chi connectivity index (χ1v) is 6.20. The molecule has 0 bridgehead atoms. The molecule has 1 aliphatic rings. The summed E-state index contributed by atoms with van der Waals surface area (Å²) in [4.78, 5) is 25.2. The Morgan fingerprint density at radius 3 is 2.89 bits per heavy atom. The van der Waals surface area contributed by atoms with Crippen LogP contribution in [0.2, 0.25) is 0 Å². The molecule has 1 saturated heterocycles. The molecular formula is C11H22N4O3. The minimum absolute atomic E-state index is 0.0578. The summed E-state index contributed by atoms with van der Waals surface area (Å²) >= 11 is 0. The van der Waals surface area contributed by atoms with Crippen LogP contribution < -0.4 is 16.6 Å². The van der Waals surface area contributed by atoms with Gasteiger partial charge in [0, 0.05) is 25.6 Å². The maximum Gasteiger partial charge on any atom is 0.239 e. The number of nitrogens with two attached hydrogens (primary N) is 1. The van der Waals surface area contributed by atoms with E-state index in [1.54, 1.807) is 6.92 Å². The monoisotopic (exact) mass is 258 g/mol. The lowest BCUT2D eigenvalue weighted by molar-refractivity contribution is -0.135. The third-order valence-electron chi connectivity index (χ3n) is 2.99. The fourth-order valence-electron chi connectivity index (χ4n) is 1.97. The van der Waals surface area contributed by atoms with E-state index in [0.717, 1.165) is 0 Å². The van der Waals surface area contributed by atoms with Gasteiger partial charge < -0.3 is 10.1 Å². The number of ether oxygens (including phenoxy) is 1. The van der Waals surface area contributed by atoms with Crippen molar-refractivity contribution in [3.8, 4) is 0 Å². The van der Waals surface area contributed by atoms with E-state index in [2.05, 4.69) is 10.7 Å². The van der Waals surface area contributed by atoms with E-state index in [1.807, 2.05) is 11.8 Å². The van der Waals surface area contributed by atoms with Crippen LogP contribution >= 0.6 is 0 Å². The Morgan fingerprint density at radius 2 is 2.28 bits per heavy atom. The second-order valence-electron chi connectivity index (χ2n) is 4.39. The zero-order chi connectivity index (χ0) is 13.5. The maximum atomic E-state index is 11.9. The van der Waals surface area contributed by atoms with Crippen molar-refractivity contribution in [3.63, 3.8) is 0 Å². The van der Waals surface area contributed by atoms with Crippen LogP contribution in [0.15, 0.2) is 0 Å². The van der Waals surface area contributed by atoms with Crippen LogP contribution in [0.25, 0.3) is 0 Å². The van der Waals surface area contributed by atoms with E-state index >= 15 is 0 Å². The molecule has 2 amide bonds. The third-order valence-corrected chi connectivity index (χ3v) is 2.99. The first-order chi connectivity index (χ1) is 8.60. The molecule has 0 aromatic rings. The Kier molecular flexibility index (Phi) is 6.03. The quantitative estimate of drug-likeness (QED) is 0.315. The van der Waals surface area contributed by atoms with E-state index < -0.39 is 0 Å². The Morgan fingerprint density at radius 1 is 1.56 bits per heavy atom. The predicted octanol–water partition coefficient (Wildman–Crippen LogP) is -1.55. The van der Waals surface area contributed by atoms with E-state index in [-0.39, 0.29) is 23.8 Å². The number of likely N-dealkylation sites (N-methyl/N-ethyl adjacent to an activating group) is 1. The summed E-state index contributed by atoms with van der Waals surface area (Å²) in [5.41, 5.74) is 2.13. The highest BCUT2D eigenvalue weighted by molar-refractivity contribution is 5.82. The number of rotatable bonds is 5. The lowest BCUT2D eigenvalue weighted by atomic mass is 10.1. The number of nitrogens with zero attached hydrogens (tertiary/aromatic N) is 1. The molecule has 1 fully saturated rings. The second-order valence-corrected chi connectivity index (χ2v) is 4.39. The van der Waals surface area contributed by atoms with Crippen molar-refractivity contribution in [1.82, 2.24) is 15.6 Å². The molecule has 0 aromatic heterocycles. The van der Waals surface area contributed by atoms with Gasteiger partial charge in [0.2, 0.25) is 11.8 Å². The zero-order valence-electron chi connectivity index (χ0n) is 10.9. The molecular weight excluding hydrogens is 236 g/mol. The summed E-state index contributed by atoms with van der Waals surface area (Å²) in [6, 6.07) is -0.327. The van der Waals surface area contributed by atoms with Crippen LogP contribution in [-0.2, 0) is 14.3 Å². The van der Waals surface area contributed by atoms with Crippen molar-refractivity contribution in [1.29, 1.82) is 0 Å². The van der Waals surface area contributed by atoms with Crippen LogP contribution in [0.1, 0.15) is 13.8 Å². The van der Waals surface area contributed by atoms with Crippen molar-refractivity contribution in [3.05, 3.63) is 0 Å². The molecule has 7 heteroatoms. The SMILES string of the molecule is CCNC(=O)C1COCCN1CC(C)C(=O)NN. The number of hydrazine groups is 1. The van der Waals surface area contributed by atoms with E-state index in [0.29, 0.717) is 32.8 Å². The Bertz CT molecular complexity index is 298. The minimum atomic E-state index is -0.327. The average Bonchev–Trinajstić information content (AvgIpc) is 2.38. The molecule has 7 nitrogen and oxygen atoms in total. The molecule has 0 radical (unpaired) electrons. The molecule has 104 valence electrons. The Labute approximate surface area is 107 Å². The highest BCUT2D eigenvalue weighted by Crippen LogP contribution is 2.10. The number of hydrogen-bond acceptors (Lipinski definition) is 5.